The third kappa shape index (κ3) is 2.11. The van der Waals surface area contributed by atoms with Crippen LogP contribution in [0.1, 0.15) is 0 Å². The topological polar surface area (TPSA) is 88.2 Å². The fourth-order valence-corrected chi connectivity index (χ4v) is 1.12. The molecule has 2 aromatic rings. The number of hydrogen-bond donors (Lipinski definition) is 2. The molecule has 1 aromatic carbocycles. The van der Waals surface area contributed by atoms with Gasteiger partial charge in [-0.1, -0.05) is 5.16 Å². The van der Waals surface area contributed by atoms with E-state index in [0.717, 1.165) is 5.56 Å². The van der Waals surface area contributed by atoms with Crippen molar-refractivity contribution in [1.29, 1.82) is 0 Å². The number of carboxylic acid groups (broad SMARTS) is 1. The predicted molar refractivity (Wildman–Crippen MR) is 51.4 cm³/mol. The van der Waals surface area contributed by atoms with Crippen molar-refractivity contribution in [1.82, 2.24) is 10.1 Å². The molecule has 0 aliphatic rings. The number of amides is 1. The first-order chi connectivity index (χ1) is 7.25. The van der Waals surface area contributed by atoms with Crippen LogP contribution in [-0.4, -0.2) is 21.3 Å². The van der Waals surface area contributed by atoms with Crippen LogP contribution in [0.4, 0.5) is 10.5 Å². The standard InChI is InChI=1S/C9H7N3O3/c13-9(14)11-7-3-1-6(2-4-7)8-10-5-15-12-8/h1-5,11H,(H,13,14). The molecular formula is C9H7N3O3. The summed E-state index contributed by atoms with van der Waals surface area (Å²) in [5, 5.41) is 14.4. The van der Waals surface area contributed by atoms with Crippen LogP contribution in [0.15, 0.2) is 35.2 Å². The van der Waals surface area contributed by atoms with E-state index in [1.165, 1.54) is 6.39 Å². The van der Waals surface area contributed by atoms with Gasteiger partial charge in [0.25, 0.3) is 0 Å². The summed E-state index contributed by atoms with van der Waals surface area (Å²) < 4.78 is 4.59. The van der Waals surface area contributed by atoms with E-state index in [1.807, 2.05) is 0 Å². The Morgan fingerprint density at radius 3 is 2.60 bits per heavy atom. The zero-order valence-corrected chi connectivity index (χ0v) is 7.54. The van der Waals surface area contributed by atoms with Crippen LogP contribution in [0, 0.1) is 0 Å². The largest absolute Gasteiger partial charge is 0.465 e. The van der Waals surface area contributed by atoms with Crippen molar-refractivity contribution in [3.8, 4) is 11.4 Å². The van der Waals surface area contributed by atoms with E-state index in [4.69, 9.17) is 5.11 Å². The van der Waals surface area contributed by atoms with Gasteiger partial charge in [0.15, 0.2) is 0 Å². The van der Waals surface area contributed by atoms with Gasteiger partial charge in [0, 0.05) is 11.3 Å². The Bertz CT molecular complexity index is 450. The number of benzene rings is 1. The second-order valence-electron chi connectivity index (χ2n) is 2.76. The minimum atomic E-state index is -1.10. The minimum Gasteiger partial charge on any atom is -0.465 e. The molecule has 0 aliphatic carbocycles. The summed E-state index contributed by atoms with van der Waals surface area (Å²) in [5.74, 6) is 0.469. The predicted octanol–water partition coefficient (Wildman–Crippen LogP) is 1.83. The lowest BCUT2D eigenvalue weighted by Crippen LogP contribution is -2.06. The lowest BCUT2D eigenvalue weighted by Gasteiger charge is -2.00. The van der Waals surface area contributed by atoms with Gasteiger partial charge in [0.2, 0.25) is 12.2 Å². The number of nitrogens with one attached hydrogen (secondary N) is 1. The van der Waals surface area contributed by atoms with Crippen LogP contribution in [0.3, 0.4) is 0 Å². The van der Waals surface area contributed by atoms with Gasteiger partial charge in [0.05, 0.1) is 0 Å². The molecule has 0 fully saturated rings. The third-order valence-electron chi connectivity index (χ3n) is 1.76. The Morgan fingerprint density at radius 2 is 2.07 bits per heavy atom. The molecule has 15 heavy (non-hydrogen) atoms. The summed E-state index contributed by atoms with van der Waals surface area (Å²) in [4.78, 5) is 14.2. The molecule has 0 saturated heterocycles. The van der Waals surface area contributed by atoms with Gasteiger partial charge in [-0.15, -0.1) is 0 Å². The van der Waals surface area contributed by atoms with E-state index in [1.54, 1.807) is 24.3 Å². The van der Waals surface area contributed by atoms with Crippen molar-refractivity contribution in [2.24, 2.45) is 0 Å². The van der Waals surface area contributed by atoms with E-state index in [9.17, 15) is 4.79 Å². The second kappa shape index (κ2) is 3.79. The monoisotopic (exact) mass is 205 g/mol. The zero-order chi connectivity index (χ0) is 10.7. The first kappa shape index (κ1) is 9.20. The molecule has 0 unspecified atom stereocenters. The number of nitrogens with zero attached hydrogens (tertiary/aromatic N) is 2. The molecule has 2 rings (SSSR count). The van der Waals surface area contributed by atoms with E-state index >= 15 is 0 Å². The number of anilines is 1. The van der Waals surface area contributed by atoms with E-state index in [-0.39, 0.29) is 0 Å². The number of aromatic nitrogens is 2. The van der Waals surface area contributed by atoms with E-state index in [2.05, 4.69) is 20.0 Å². The summed E-state index contributed by atoms with van der Waals surface area (Å²) in [5.41, 5.74) is 1.26. The summed E-state index contributed by atoms with van der Waals surface area (Å²) in [6, 6.07) is 6.66. The molecule has 6 heteroatoms. The molecule has 2 N–H and O–H groups in total. The first-order valence-corrected chi connectivity index (χ1v) is 4.12. The molecule has 76 valence electrons. The fourth-order valence-electron chi connectivity index (χ4n) is 1.12. The Morgan fingerprint density at radius 1 is 1.33 bits per heavy atom. The lowest BCUT2D eigenvalue weighted by atomic mass is 10.2. The van der Waals surface area contributed by atoms with Crippen LogP contribution < -0.4 is 5.32 Å². The van der Waals surface area contributed by atoms with Crippen molar-refractivity contribution < 1.29 is 14.4 Å². The quantitative estimate of drug-likeness (QED) is 0.780. The van der Waals surface area contributed by atoms with E-state index < -0.39 is 6.09 Å². The Kier molecular flexibility index (Phi) is 2.32. The van der Waals surface area contributed by atoms with Crippen LogP contribution in [0.25, 0.3) is 11.4 Å². The third-order valence-corrected chi connectivity index (χ3v) is 1.76. The van der Waals surface area contributed by atoms with Crippen molar-refractivity contribution in [2.45, 2.75) is 0 Å². The number of carbonyl (C=O) groups is 1. The highest BCUT2D eigenvalue weighted by atomic mass is 16.5. The molecule has 0 spiro atoms. The smallest absolute Gasteiger partial charge is 0.409 e. The van der Waals surface area contributed by atoms with Gasteiger partial charge in [-0.2, -0.15) is 4.98 Å². The molecule has 1 aromatic heterocycles. The highest BCUT2D eigenvalue weighted by Gasteiger charge is 2.03. The van der Waals surface area contributed by atoms with Gasteiger partial charge >= 0.3 is 6.09 Å². The number of rotatable bonds is 2. The summed E-state index contributed by atoms with van der Waals surface area (Å²) in [7, 11) is 0. The maximum absolute atomic E-state index is 10.3. The Labute approximate surface area is 84.5 Å². The molecular weight excluding hydrogens is 198 g/mol. The molecule has 6 nitrogen and oxygen atoms in total. The molecule has 0 radical (unpaired) electrons. The van der Waals surface area contributed by atoms with Crippen LogP contribution >= 0.6 is 0 Å². The SMILES string of the molecule is O=C(O)Nc1ccc(-c2ncon2)cc1. The molecule has 0 aliphatic heterocycles. The van der Waals surface area contributed by atoms with Crippen molar-refractivity contribution >= 4 is 11.8 Å². The van der Waals surface area contributed by atoms with Gasteiger partial charge < -0.3 is 9.63 Å². The summed E-state index contributed by atoms with van der Waals surface area (Å²) in [6.45, 7) is 0. The minimum absolute atomic E-state index is 0.469. The van der Waals surface area contributed by atoms with Crippen molar-refractivity contribution in [2.75, 3.05) is 5.32 Å². The first-order valence-electron chi connectivity index (χ1n) is 4.12. The average molecular weight is 205 g/mol. The van der Waals surface area contributed by atoms with Gasteiger partial charge in [-0.25, -0.2) is 4.79 Å². The Hall–Kier alpha value is -2.37. The van der Waals surface area contributed by atoms with Crippen LogP contribution in [0.5, 0.6) is 0 Å². The van der Waals surface area contributed by atoms with Gasteiger partial charge in [-0.05, 0) is 24.3 Å². The fraction of sp³-hybridized carbons (Fsp3) is 0. The van der Waals surface area contributed by atoms with Crippen LogP contribution in [0.2, 0.25) is 0 Å². The molecule has 0 atom stereocenters. The normalized spacial score (nSPS) is 9.87. The highest BCUT2D eigenvalue weighted by molar-refractivity contribution is 5.83. The average Bonchev–Trinajstić information content (AvgIpc) is 2.71. The number of hydrogen-bond acceptors (Lipinski definition) is 4. The molecule has 0 saturated carbocycles. The van der Waals surface area contributed by atoms with Gasteiger partial charge in [-0.3, -0.25) is 5.32 Å². The summed E-state index contributed by atoms with van der Waals surface area (Å²) >= 11 is 0. The van der Waals surface area contributed by atoms with Gasteiger partial charge in [0.1, 0.15) is 0 Å². The molecule has 0 bridgehead atoms. The maximum Gasteiger partial charge on any atom is 0.409 e. The second-order valence-corrected chi connectivity index (χ2v) is 2.76. The van der Waals surface area contributed by atoms with Crippen LogP contribution in [-0.2, 0) is 0 Å². The van der Waals surface area contributed by atoms with Crippen molar-refractivity contribution in [3.63, 3.8) is 0 Å². The molecule has 1 amide bonds. The molecule has 1 heterocycles. The Balaban J connectivity index is 2.21. The maximum atomic E-state index is 10.3. The zero-order valence-electron chi connectivity index (χ0n) is 7.54. The van der Waals surface area contributed by atoms with Crippen molar-refractivity contribution in [3.05, 3.63) is 30.7 Å². The summed E-state index contributed by atoms with van der Waals surface area (Å²) in [6.07, 6.45) is 0.140. The lowest BCUT2D eigenvalue weighted by molar-refractivity contribution is 0.210. The van der Waals surface area contributed by atoms with E-state index in [0.29, 0.717) is 11.5 Å². The highest BCUT2D eigenvalue weighted by Crippen LogP contribution is 2.17.